The Hall–Kier alpha value is -1.95. The number of likely N-dealkylation sites (N-methyl/N-ethyl adjacent to an activating group) is 1. The minimum atomic E-state index is -4.28. The third-order valence-electron chi connectivity index (χ3n) is 7.98. The van der Waals surface area contributed by atoms with Gasteiger partial charge in [0.2, 0.25) is 0 Å². The molecule has 0 saturated heterocycles. The second-order valence-electron chi connectivity index (χ2n) is 11.0. The fourth-order valence-electron chi connectivity index (χ4n) is 4.33. The lowest BCUT2D eigenvalue weighted by Crippen LogP contribution is -2.43. The Bertz CT molecular complexity index is 1380. The molecule has 0 fully saturated rings. The van der Waals surface area contributed by atoms with Gasteiger partial charge in [-0.2, -0.15) is 17.1 Å². The van der Waals surface area contributed by atoms with E-state index in [0.29, 0.717) is 42.9 Å². The smallest absolute Gasteiger partial charge is 0.335 e. The van der Waals surface area contributed by atoms with Crippen LogP contribution in [0.5, 0.6) is 0 Å². The van der Waals surface area contributed by atoms with Crippen LogP contribution >= 0.6 is 11.3 Å². The van der Waals surface area contributed by atoms with Crippen LogP contribution < -0.4 is 5.32 Å². The van der Waals surface area contributed by atoms with Gasteiger partial charge < -0.3 is 24.3 Å². The van der Waals surface area contributed by atoms with Crippen molar-refractivity contribution < 1.29 is 45.4 Å². The monoisotopic (exact) mass is 681 g/mol. The molecule has 4 unspecified atom stereocenters. The molecule has 2 heterocycles. The van der Waals surface area contributed by atoms with Crippen molar-refractivity contribution in [3.8, 4) is 0 Å². The van der Waals surface area contributed by atoms with Crippen LogP contribution in [0, 0.1) is 11.8 Å². The molecule has 0 aromatic carbocycles. The summed E-state index contributed by atoms with van der Waals surface area (Å²) in [5.41, 5.74) is -0.733. The average molecular weight is 682 g/mol. The fraction of sp³-hybridized carbons (Fsp3) is 0.750. The van der Waals surface area contributed by atoms with Gasteiger partial charge >= 0.3 is 11.9 Å². The van der Waals surface area contributed by atoms with Crippen molar-refractivity contribution in [2.24, 2.45) is 16.2 Å². The SMILES string of the molecule is CCN[C@H]1CN(CCCOC)S(=O)(=O)c2sc(S(=O)(=O)/N=C/C(C)[C@](C)(CC)OC(=O)C(C)C(C)OC(=O)C(C)OC)cc21. The van der Waals surface area contributed by atoms with Crippen LogP contribution in [0.1, 0.15) is 72.9 Å². The van der Waals surface area contributed by atoms with Crippen LogP contribution in [0.2, 0.25) is 0 Å². The number of rotatable bonds is 17. The molecule has 44 heavy (non-hydrogen) atoms. The van der Waals surface area contributed by atoms with Crippen LogP contribution in [-0.2, 0) is 48.6 Å². The Morgan fingerprint density at radius 1 is 1.20 bits per heavy atom. The lowest BCUT2D eigenvalue weighted by Gasteiger charge is -2.34. The molecule has 1 aromatic heterocycles. The maximum atomic E-state index is 13.4. The number of sulfonamides is 2. The largest absolute Gasteiger partial charge is 0.460 e. The molecular formula is C28H47N3O10S3. The first-order valence-corrected chi connectivity index (χ1v) is 18.3. The van der Waals surface area contributed by atoms with Gasteiger partial charge in [0, 0.05) is 57.7 Å². The van der Waals surface area contributed by atoms with E-state index in [4.69, 9.17) is 18.9 Å². The highest BCUT2D eigenvalue weighted by molar-refractivity contribution is 7.94. The number of carbonyl (C=O) groups is 2. The molecule has 1 aliphatic rings. The zero-order chi connectivity index (χ0) is 33.5. The van der Waals surface area contributed by atoms with Crippen LogP contribution in [0.15, 0.2) is 18.9 Å². The molecule has 0 spiro atoms. The maximum absolute atomic E-state index is 13.4. The van der Waals surface area contributed by atoms with Gasteiger partial charge in [-0.15, -0.1) is 11.3 Å². The molecule has 0 bridgehead atoms. The van der Waals surface area contributed by atoms with Crippen molar-refractivity contribution in [1.82, 2.24) is 9.62 Å². The van der Waals surface area contributed by atoms with Gasteiger partial charge in [-0.1, -0.05) is 20.8 Å². The minimum absolute atomic E-state index is 0.0232. The van der Waals surface area contributed by atoms with Gasteiger partial charge in [-0.3, -0.25) is 4.79 Å². The van der Waals surface area contributed by atoms with E-state index in [1.165, 1.54) is 30.6 Å². The molecular weight excluding hydrogens is 635 g/mol. The van der Waals surface area contributed by atoms with Crippen molar-refractivity contribution in [1.29, 1.82) is 0 Å². The second-order valence-corrected chi connectivity index (χ2v) is 16.1. The zero-order valence-electron chi connectivity index (χ0n) is 27.0. The first-order chi connectivity index (χ1) is 20.5. The van der Waals surface area contributed by atoms with Crippen LogP contribution in [0.25, 0.3) is 0 Å². The van der Waals surface area contributed by atoms with Crippen molar-refractivity contribution in [3.63, 3.8) is 0 Å². The average Bonchev–Trinajstić information content (AvgIpc) is 3.45. The van der Waals surface area contributed by atoms with Gasteiger partial charge in [-0.25, -0.2) is 13.2 Å². The topological polar surface area (TPSA) is 167 Å². The summed E-state index contributed by atoms with van der Waals surface area (Å²) in [5, 5.41) is 3.25. The molecule has 2 rings (SSSR count). The molecule has 6 atom stereocenters. The zero-order valence-corrected chi connectivity index (χ0v) is 29.4. The molecule has 0 radical (unpaired) electrons. The quantitative estimate of drug-likeness (QED) is 0.146. The molecule has 16 heteroatoms. The number of esters is 2. The predicted octanol–water partition coefficient (Wildman–Crippen LogP) is 3.15. The summed E-state index contributed by atoms with van der Waals surface area (Å²) < 4.78 is 79.6. The van der Waals surface area contributed by atoms with E-state index in [-0.39, 0.29) is 27.5 Å². The minimum Gasteiger partial charge on any atom is -0.460 e. The molecule has 13 nitrogen and oxygen atoms in total. The highest BCUT2D eigenvalue weighted by Crippen LogP contribution is 2.41. The van der Waals surface area contributed by atoms with E-state index < -0.39 is 61.6 Å². The normalized spacial score (nSPS) is 21.2. The van der Waals surface area contributed by atoms with E-state index in [2.05, 4.69) is 9.71 Å². The number of nitrogens with zero attached hydrogens (tertiary/aromatic N) is 2. The van der Waals surface area contributed by atoms with Gasteiger partial charge in [0.05, 0.1) is 5.92 Å². The van der Waals surface area contributed by atoms with E-state index in [1.807, 2.05) is 6.92 Å². The Kier molecular flexibility index (Phi) is 13.9. The summed E-state index contributed by atoms with van der Waals surface area (Å²) in [6, 6.07) is 0.996. The Balaban J connectivity index is 2.27. The summed E-state index contributed by atoms with van der Waals surface area (Å²) in [5.74, 6) is -2.68. The summed E-state index contributed by atoms with van der Waals surface area (Å²) in [7, 11) is -5.28. The van der Waals surface area contributed by atoms with Gasteiger partial charge in [0.1, 0.15) is 20.1 Å². The van der Waals surface area contributed by atoms with Crippen LogP contribution in [0.4, 0.5) is 0 Å². The van der Waals surface area contributed by atoms with Crippen molar-refractivity contribution >= 4 is 49.5 Å². The summed E-state index contributed by atoms with van der Waals surface area (Å²) in [6.45, 7) is 13.1. The number of carbonyl (C=O) groups excluding carboxylic acids is 2. The highest BCUT2D eigenvalue weighted by Gasteiger charge is 2.41. The number of nitrogens with one attached hydrogen (secondary N) is 1. The first kappa shape index (κ1) is 38.2. The molecule has 1 aliphatic heterocycles. The van der Waals surface area contributed by atoms with Gasteiger partial charge in [-0.05, 0) is 53.1 Å². The molecule has 0 aliphatic carbocycles. The number of ether oxygens (including phenoxy) is 4. The molecule has 1 N–H and O–H groups in total. The fourth-order valence-corrected chi connectivity index (χ4v) is 9.16. The third-order valence-corrected chi connectivity index (χ3v) is 13.2. The number of hydrogen-bond donors (Lipinski definition) is 1. The Labute approximate surface area is 265 Å². The van der Waals surface area contributed by atoms with Crippen molar-refractivity contribution in [2.45, 2.75) is 93.6 Å². The summed E-state index contributed by atoms with van der Waals surface area (Å²) in [6.07, 6.45) is 0.456. The van der Waals surface area contributed by atoms with Crippen LogP contribution in [0.3, 0.4) is 0 Å². The van der Waals surface area contributed by atoms with E-state index in [1.54, 1.807) is 41.7 Å². The van der Waals surface area contributed by atoms with Gasteiger partial charge in [0.15, 0.2) is 6.10 Å². The second kappa shape index (κ2) is 16.1. The number of thiophene rings is 1. The highest BCUT2D eigenvalue weighted by atomic mass is 32.3. The van der Waals surface area contributed by atoms with Gasteiger partial charge in [0.25, 0.3) is 20.0 Å². The molecule has 0 saturated carbocycles. The number of fused-ring (bicyclic) bond motifs is 1. The predicted molar refractivity (Wildman–Crippen MR) is 167 cm³/mol. The maximum Gasteiger partial charge on any atom is 0.335 e. The lowest BCUT2D eigenvalue weighted by molar-refractivity contribution is -0.175. The summed E-state index contributed by atoms with van der Waals surface area (Å²) in [4.78, 5) is 25.1. The molecule has 252 valence electrons. The molecule has 1 aromatic rings. The third kappa shape index (κ3) is 9.07. The van der Waals surface area contributed by atoms with E-state index >= 15 is 0 Å². The Morgan fingerprint density at radius 3 is 2.43 bits per heavy atom. The first-order valence-electron chi connectivity index (χ1n) is 14.6. The Morgan fingerprint density at radius 2 is 1.86 bits per heavy atom. The standard InChI is InChI=1S/C28H47N3O10S3/c1-10-28(7,41-25(32)19(4)20(5)40-26(33)21(6)39-9)18(3)16-30-43(34,35)24-15-22-23(29-11-2)17-31(13-12-14-38-8)44(36,37)27(22)42-24/h15-16,18-21,23,29H,10-14,17H2,1-9H3/b30-16+/t18?,19?,20?,21?,23-,28-/m0/s1. The number of hydrogen-bond acceptors (Lipinski definition) is 12. The summed E-state index contributed by atoms with van der Waals surface area (Å²) >= 11 is 0.674. The lowest BCUT2D eigenvalue weighted by atomic mass is 9.88. The van der Waals surface area contributed by atoms with Crippen LogP contribution in [-0.4, -0.2) is 97.6 Å². The van der Waals surface area contributed by atoms with Crippen molar-refractivity contribution in [3.05, 3.63) is 11.6 Å². The number of methoxy groups -OCH3 is 2. The van der Waals surface area contributed by atoms with E-state index in [9.17, 15) is 26.4 Å². The molecule has 0 amide bonds. The van der Waals surface area contributed by atoms with E-state index in [0.717, 1.165) is 0 Å². The van der Waals surface area contributed by atoms with Crippen molar-refractivity contribution in [2.75, 3.05) is 40.5 Å².